The SMILES string of the molecule is Cn1nnc(CC(N)C(C)(C)c2ccc(F)cc2)n1. The number of nitrogens with zero attached hydrogens (tertiary/aromatic N) is 4. The molecule has 5 nitrogen and oxygen atoms in total. The molecule has 6 heteroatoms. The molecule has 0 saturated heterocycles. The third-order valence-electron chi connectivity index (χ3n) is 3.47. The first kappa shape index (κ1) is 13.6. The lowest BCUT2D eigenvalue weighted by molar-refractivity contribution is 0.400. The Morgan fingerprint density at radius 2 is 1.95 bits per heavy atom. The molecule has 0 fully saturated rings. The Kier molecular flexibility index (Phi) is 3.61. The fraction of sp³-hybridized carbons (Fsp3) is 0.462. The van der Waals surface area contributed by atoms with Crippen molar-refractivity contribution in [2.45, 2.75) is 31.7 Å². The molecule has 0 amide bonds. The Bertz CT molecular complexity index is 546. The smallest absolute Gasteiger partial charge is 0.176 e. The molecule has 0 saturated carbocycles. The van der Waals surface area contributed by atoms with E-state index in [2.05, 4.69) is 15.4 Å². The van der Waals surface area contributed by atoms with Crippen LogP contribution in [0.15, 0.2) is 24.3 Å². The molecule has 19 heavy (non-hydrogen) atoms. The molecule has 0 radical (unpaired) electrons. The van der Waals surface area contributed by atoms with Crippen LogP contribution in [0, 0.1) is 5.82 Å². The number of rotatable bonds is 4. The van der Waals surface area contributed by atoms with Gasteiger partial charge in [0.1, 0.15) is 5.82 Å². The summed E-state index contributed by atoms with van der Waals surface area (Å²) < 4.78 is 13.0. The Balaban J connectivity index is 2.16. The molecule has 0 aliphatic heterocycles. The highest BCUT2D eigenvalue weighted by molar-refractivity contribution is 5.26. The fourth-order valence-corrected chi connectivity index (χ4v) is 1.95. The lowest BCUT2D eigenvalue weighted by Crippen LogP contribution is -2.42. The highest BCUT2D eigenvalue weighted by atomic mass is 19.1. The highest BCUT2D eigenvalue weighted by Crippen LogP contribution is 2.27. The van der Waals surface area contributed by atoms with Gasteiger partial charge in [0.05, 0.1) is 7.05 Å². The maximum absolute atomic E-state index is 13.0. The summed E-state index contributed by atoms with van der Waals surface area (Å²) in [4.78, 5) is 1.41. The van der Waals surface area contributed by atoms with Gasteiger partial charge in [0, 0.05) is 17.9 Å². The molecule has 0 aliphatic rings. The van der Waals surface area contributed by atoms with E-state index in [1.807, 2.05) is 13.8 Å². The zero-order valence-corrected chi connectivity index (χ0v) is 11.3. The van der Waals surface area contributed by atoms with Crippen molar-refractivity contribution in [3.8, 4) is 0 Å². The van der Waals surface area contributed by atoms with Gasteiger partial charge in [-0.05, 0) is 22.9 Å². The monoisotopic (exact) mass is 263 g/mol. The second kappa shape index (κ2) is 5.05. The standard InChI is InChI=1S/C13H18FN5/c1-13(2,9-4-6-10(14)7-5-9)11(15)8-12-16-18-19(3)17-12/h4-7,11H,8,15H2,1-3H3. The molecule has 2 aromatic rings. The predicted octanol–water partition coefficient (Wildman–Crippen LogP) is 1.20. The molecule has 102 valence electrons. The first-order chi connectivity index (χ1) is 8.89. The van der Waals surface area contributed by atoms with Gasteiger partial charge >= 0.3 is 0 Å². The van der Waals surface area contributed by atoms with Crippen molar-refractivity contribution in [3.05, 3.63) is 41.5 Å². The topological polar surface area (TPSA) is 69.6 Å². The van der Waals surface area contributed by atoms with Crippen LogP contribution in [-0.4, -0.2) is 26.2 Å². The number of nitrogens with two attached hydrogens (primary N) is 1. The Morgan fingerprint density at radius 3 is 2.47 bits per heavy atom. The molecular weight excluding hydrogens is 245 g/mol. The largest absolute Gasteiger partial charge is 0.326 e. The first-order valence-corrected chi connectivity index (χ1v) is 6.14. The third-order valence-corrected chi connectivity index (χ3v) is 3.47. The van der Waals surface area contributed by atoms with Crippen molar-refractivity contribution in [2.24, 2.45) is 12.8 Å². The van der Waals surface area contributed by atoms with Crippen molar-refractivity contribution in [3.63, 3.8) is 0 Å². The van der Waals surface area contributed by atoms with E-state index in [-0.39, 0.29) is 17.3 Å². The van der Waals surface area contributed by atoms with Gasteiger partial charge in [-0.1, -0.05) is 26.0 Å². The lowest BCUT2D eigenvalue weighted by atomic mass is 9.77. The van der Waals surface area contributed by atoms with E-state index in [9.17, 15) is 4.39 Å². The van der Waals surface area contributed by atoms with Crippen LogP contribution >= 0.6 is 0 Å². The van der Waals surface area contributed by atoms with E-state index in [1.54, 1.807) is 19.2 Å². The van der Waals surface area contributed by atoms with Crippen LogP contribution in [0.1, 0.15) is 25.2 Å². The summed E-state index contributed by atoms with van der Waals surface area (Å²) in [7, 11) is 1.72. The summed E-state index contributed by atoms with van der Waals surface area (Å²) in [6.45, 7) is 4.06. The average Bonchev–Trinajstić information content (AvgIpc) is 2.75. The van der Waals surface area contributed by atoms with E-state index >= 15 is 0 Å². The first-order valence-electron chi connectivity index (χ1n) is 6.14. The summed E-state index contributed by atoms with van der Waals surface area (Å²) >= 11 is 0. The van der Waals surface area contributed by atoms with Crippen LogP contribution < -0.4 is 5.73 Å². The fourth-order valence-electron chi connectivity index (χ4n) is 1.95. The van der Waals surface area contributed by atoms with Crippen LogP contribution in [0.5, 0.6) is 0 Å². The summed E-state index contributed by atoms with van der Waals surface area (Å²) in [5.41, 5.74) is 6.94. The van der Waals surface area contributed by atoms with E-state index in [0.29, 0.717) is 12.2 Å². The maximum Gasteiger partial charge on any atom is 0.176 e. The van der Waals surface area contributed by atoms with Gasteiger partial charge < -0.3 is 5.73 Å². The van der Waals surface area contributed by atoms with E-state index < -0.39 is 0 Å². The molecule has 2 N–H and O–H groups in total. The van der Waals surface area contributed by atoms with Crippen molar-refractivity contribution in [1.29, 1.82) is 0 Å². The number of aromatic nitrogens is 4. The molecule has 1 aromatic heterocycles. The van der Waals surface area contributed by atoms with Gasteiger partial charge in [0.2, 0.25) is 0 Å². The van der Waals surface area contributed by atoms with Gasteiger partial charge in [-0.3, -0.25) is 0 Å². The summed E-state index contributed by atoms with van der Waals surface area (Å²) in [6, 6.07) is 6.25. The Labute approximate surface area is 111 Å². The summed E-state index contributed by atoms with van der Waals surface area (Å²) in [5, 5.41) is 11.9. The number of tetrazole rings is 1. The Morgan fingerprint density at radius 1 is 1.32 bits per heavy atom. The van der Waals surface area contributed by atoms with Crippen LogP contribution in [-0.2, 0) is 18.9 Å². The van der Waals surface area contributed by atoms with Crippen LogP contribution in [0.3, 0.4) is 0 Å². The number of hydrogen-bond donors (Lipinski definition) is 1. The molecule has 1 heterocycles. The predicted molar refractivity (Wildman–Crippen MR) is 69.9 cm³/mol. The molecule has 2 rings (SSSR count). The van der Waals surface area contributed by atoms with Crippen LogP contribution in [0.4, 0.5) is 4.39 Å². The molecular formula is C13H18FN5. The summed E-state index contributed by atoms with van der Waals surface area (Å²) in [5.74, 6) is 0.369. The van der Waals surface area contributed by atoms with Gasteiger partial charge in [0.15, 0.2) is 5.82 Å². The van der Waals surface area contributed by atoms with Crippen LogP contribution in [0.2, 0.25) is 0 Å². The summed E-state index contributed by atoms with van der Waals surface area (Å²) in [6.07, 6.45) is 0.526. The number of benzene rings is 1. The van der Waals surface area contributed by atoms with Gasteiger partial charge in [-0.15, -0.1) is 10.2 Å². The van der Waals surface area contributed by atoms with Crippen molar-refractivity contribution in [1.82, 2.24) is 20.2 Å². The van der Waals surface area contributed by atoms with E-state index in [0.717, 1.165) is 5.56 Å². The molecule has 1 unspecified atom stereocenters. The minimum absolute atomic E-state index is 0.179. The van der Waals surface area contributed by atoms with E-state index in [1.165, 1.54) is 16.9 Å². The maximum atomic E-state index is 13.0. The Hall–Kier alpha value is -1.82. The molecule has 0 aliphatic carbocycles. The van der Waals surface area contributed by atoms with Crippen molar-refractivity contribution in [2.75, 3.05) is 0 Å². The van der Waals surface area contributed by atoms with Crippen molar-refractivity contribution >= 4 is 0 Å². The van der Waals surface area contributed by atoms with E-state index in [4.69, 9.17) is 5.73 Å². The molecule has 1 atom stereocenters. The van der Waals surface area contributed by atoms with Crippen molar-refractivity contribution < 1.29 is 4.39 Å². The lowest BCUT2D eigenvalue weighted by Gasteiger charge is -2.31. The third kappa shape index (κ3) is 2.96. The van der Waals surface area contributed by atoms with Crippen LogP contribution in [0.25, 0.3) is 0 Å². The highest BCUT2D eigenvalue weighted by Gasteiger charge is 2.29. The quantitative estimate of drug-likeness (QED) is 0.899. The second-order valence-corrected chi connectivity index (χ2v) is 5.23. The second-order valence-electron chi connectivity index (χ2n) is 5.23. The molecule has 0 spiro atoms. The zero-order chi connectivity index (χ0) is 14.0. The number of hydrogen-bond acceptors (Lipinski definition) is 4. The van der Waals surface area contributed by atoms with Gasteiger partial charge in [0.25, 0.3) is 0 Å². The normalized spacial score (nSPS) is 13.5. The van der Waals surface area contributed by atoms with Gasteiger partial charge in [-0.2, -0.15) is 4.80 Å². The zero-order valence-electron chi connectivity index (χ0n) is 11.3. The van der Waals surface area contributed by atoms with Gasteiger partial charge in [-0.25, -0.2) is 4.39 Å². The minimum atomic E-state index is -0.299. The minimum Gasteiger partial charge on any atom is -0.326 e. The number of aryl methyl sites for hydroxylation is 1. The molecule has 1 aromatic carbocycles. The molecule has 0 bridgehead atoms. The average molecular weight is 263 g/mol. The number of halogens is 1.